The maximum absolute atomic E-state index is 13.1. The third kappa shape index (κ3) is 3.61. The van der Waals surface area contributed by atoms with Crippen LogP contribution in [0.4, 0.5) is 14.5 Å². The van der Waals surface area contributed by atoms with Gasteiger partial charge in [0.05, 0.1) is 5.02 Å². The van der Waals surface area contributed by atoms with E-state index in [1.165, 1.54) is 6.07 Å². The van der Waals surface area contributed by atoms with Crippen molar-refractivity contribution in [3.8, 4) is 0 Å². The quantitative estimate of drug-likeness (QED) is 0.690. The van der Waals surface area contributed by atoms with E-state index in [1.54, 1.807) is 24.3 Å². The Balaban J connectivity index is 1.64. The minimum atomic E-state index is -1.10. The van der Waals surface area contributed by atoms with Crippen molar-refractivity contribution in [2.75, 3.05) is 11.9 Å². The van der Waals surface area contributed by atoms with Crippen molar-refractivity contribution in [1.29, 1.82) is 0 Å². The summed E-state index contributed by atoms with van der Waals surface area (Å²) in [6, 6.07) is 9.91. The lowest BCUT2D eigenvalue weighted by molar-refractivity contribution is -0.119. The van der Waals surface area contributed by atoms with Gasteiger partial charge in [0.15, 0.2) is 18.2 Å². The minimum absolute atomic E-state index is 0.0310. The van der Waals surface area contributed by atoms with Gasteiger partial charge in [0.2, 0.25) is 0 Å². The number of amides is 1. The van der Waals surface area contributed by atoms with Crippen molar-refractivity contribution in [3.63, 3.8) is 0 Å². The Morgan fingerprint density at radius 3 is 2.60 bits per heavy atom. The summed E-state index contributed by atoms with van der Waals surface area (Å²) < 4.78 is 30.8. The smallest absolute Gasteiger partial charge is 0.356 e. The summed E-state index contributed by atoms with van der Waals surface area (Å²) >= 11 is 6.12. The number of nitrogens with one attached hydrogen (secondary N) is 2. The summed E-state index contributed by atoms with van der Waals surface area (Å²) in [6.45, 7) is -0.608. The van der Waals surface area contributed by atoms with Gasteiger partial charge in [-0.2, -0.15) is 0 Å². The molecule has 5 nitrogen and oxygen atoms in total. The average molecular weight is 365 g/mol. The van der Waals surface area contributed by atoms with E-state index in [0.717, 1.165) is 12.1 Å². The SMILES string of the molecule is O=C(COC(=O)c1[nH]c2ccccc2c1Cl)Nc1ccc(F)c(F)c1. The van der Waals surface area contributed by atoms with Crippen molar-refractivity contribution in [3.05, 3.63) is 64.8 Å². The van der Waals surface area contributed by atoms with E-state index in [0.29, 0.717) is 10.9 Å². The van der Waals surface area contributed by atoms with Crippen molar-refractivity contribution in [2.45, 2.75) is 0 Å². The van der Waals surface area contributed by atoms with Crippen LogP contribution in [-0.4, -0.2) is 23.5 Å². The van der Waals surface area contributed by atoms with E-state index in [-0.39, 0.29) is 16.4 Å². The number of carbonyl (C=O) groups is 2. The molecule has 25 heavy (non-hydrogen) atoms. The molecule has 1 amide bonds. The average Bonchev–Trinajstić information content (AvgIpc) is 2.93. The van der Waals surface area contributed by atoms with Gasteiger partial charge in [-0.25, -0.2) is 13.6 Å². The monoisotopic (exact) mass is 364 g/mol. The summed E-state index contributed by atoms with van der Waals surface area (Å²) in [5.74, 6) is -3.63. The molecule has 0 radical (unpaired) electrons. The maximum Gasteiger partial charge on any atom is 0.356 e. The molecule has 0 aliphatic rings. The van der Waals surface area contributed by atoms with Gasteiger partial charge in [-0.1, -0.05) is 29.8 Å². The Labute approximate surface area is 145 Å². The first-order valence-corrected chi connectivity index (χ1v) is 7.51. The highest BCUT2D eigenvalue weighted by Crippen LogP contribution is 2.27. The molecule has 0 spiro atoms. The Morgan fingerprint density at radius 2 is 1.88 bits per heavy atom. The molecule has 0 aliphatic carbocycles. The van der Waals surface area contributed by atoms with Gasteiger partial charge >= 0.3 is 5.97 Å². The Hall–Kier alpha value is -2.93. The van der Waals surface area contributed by atoms with Gasteiger partial charge < -0.3 is 15.0 Å². The first kappa shape index (κ1) is 16.9. The van der Waals surface area contributed by atoms with E-state index in [2.05, 4.69) is 10.3 Å². The minimum Gasteiger partial charge on any atom is -0.451 e. The second-order valence-electron chi connectivity index (χ2n) is 5.11. The van der Waals surface area contributed by atoms with Crippen LogP contribution in [0.5, 0.6) is 0 Å². The fraction of sp³-hybridized carbons (Fsp3) is 0.0588. The molecular formula is C17H11ClF2N2O3. The molecule has 3 rings (SSSR count). The molecule has 1 aromatic heterocycles. The van der Waals surface area contributed by atoms with Gasteiger partial charge in [-0.3, -0.25) is 4.79 Å². The van der Waals surface area contributed by atoms with Crippen molar-refractivity contribution >= 4 is 40.1 Å². The van der Waals surface area contributed by atoms with Gasteiger partial charge in [0.25, 0.3) is 5.91 Å². The first-order valence-electron chi connectivity index (χ1n) is 7.14. The summed E-state index contributed by atoms with van der Waals surface area (Å²) in [7, 11) is 0. The number of hydrogen-bond acceptors (Lipinski definition) is 3. The van der Waals surface area contributed by atoms with Crippen molar-refractivity contribution in [1.82, 2.24) is 4.98 Å². The fourth-order valence-electron chi connectivity index (χ4n) is 2.22. The highest BCUT2D eigenvalue weighted by Gasteiger charge is 2.18. The summed E-state index contributed by atoms with van der Waals surface area (Å²) in [6.07, 6.45) is 0. The fourth-order valence-corrected chi connectivity index (χ4v) is 2.51. The number of esters is 1. The van der Waals surface area contributed by atoms with E-state index < -0.39 is 30.1 Å². The van der Waals surface area contributed by atoms with E-state index >= 15 is 0 Å². The maximum atomic E-state index is 13.1. The van der Waals surface area contributed by atoms with Crippen molar-refractivity contribution in [2.24, 2.45) is 0 Å². The van der Waals surface area contributed by atoms with Crippen LogP contribution in [0.15, 0.2) is 42.5 Å². The number of fused-ring (bicyclic) bond motifs is 1. The molecule has 2 N–H and O–H groups in total. The molecule has 8 heteroatoms. The number of benzene rings is 2. The number of anilines is 1. The molecule has 0 saturated carbocycles. The van der Waals surface area contributed by atoms with Gasteiger partial charge in [0, 0.05) is 22.7 Å². The molecule has 0 saturated heterocycles. The number of halogens is 3. The van der Waals surface area contributed by atoms with Crippen LogP contribution in [0, 0.1) is 11.6 Å². The zero-order valence-electron chi connectivity index (χ0n) is 12.6. The van der Waals surface area contributed by atoms with Gasteiger partial charge in [-0.05, 0) is 18.2 Å². The molecular weight excluding hydrogens is 354 g/mol. The third-order valence-corrected chi connectivity index (χ3v) is 3.78. The lowest BCUT2D eigenvalue weighted by atomic mass is 10.2. The molecule has 0 aliphatic heterocycles. The topological polar surface area (TPSA) is 71.2 Å². The third-order valence-electron chi connectivity index (χ3n) is 3.38. The zero-order chi connectivity index (χ0) is 18.0. The number of aromatic amines is 1. The number of rotatable bonds is 4. The standard InChI is InChI=1S/C17H11ClF2N2O3/c18-15-10-3-1-2-4-13(10)22-16(15)17(24)25-8-14(23)21-9-5-6-11(19)12(20)7-9/h1-7,22H,8H2,(H,21,23). The Kier molecular flexibility index (Phi) is 4.67. The van der Waals surface area contributed by atoms with Crippen LogP contribution in [0.25, 0.3) is 10.9 Å². The van der Waals surface area contributed by atoms with Gasteiger partial charge in [-0.15, -0.1) is 0 Å². The van der Waals surface area contributed by atoms with Crippen LogP contribution in [0.2, 0.25) is 5.02 Å². The number of aromatic nitrogens is 1. The summed E-state index contributed by atoms with van der Waals surface area (Å²) in [5, 5.41) is 3.14. The normalized spacial score (nSPS) is 10.7. The van der Waals surface area contributed by atoms with E-state index in [9.17, 15) is 18.4 Å². The second-order valence-corrected chi connectivity index (χ2v) is 5.49. The number of hydrogen-bond donors (Lipinski definition) is 2. The number of para-hydroxylation sites is 1. The highest BCUT2D eigenvalue weighted by molar-refractivity contribution is 6.38. The van der Waals surface area contributed by atoms with Crippen molar-refractivity contribution < 1.29 is 23.1 Å². The van der Waals surface area contributed by atoms with Crippen LogP contribution in [0.3, 0.4) is 0 Å². The first-order chi connectivity index (χ1) is 12.0. The molecule has 3 aromatic rings. The highest BCUT2D eigenvalue weighted by atomic mass is 35.5. The zero-order valence-corrected chi connectivity index (χ0v) is 13.4. The number of carbonyl (C=O) groups excluding carboxylic acids is 2. The molecule has 0 atom stereocenters. The van der Waals surface area contributed by atoms with E-state index in [1.807, 2.05) is 0 Å². The van der Waals surface area contributed by atoms with Crippen LogP contribution >= 0.6 is 11.6 Å². The molecule has 1 heterocycles. The van der Waals surface area contributed by atoms with Crippen LogP contribution in [-0.2, 0) is 9.53 Å². The lowest BCUT2D eigenvalue weighted by Crippen LogP contribution is -2.21. The number of ether oxygens (including phenoxy) is 1. The molecule has 0 bridgehead atoms. The lowest BCUT2D eigenvalue weighted by Gasteiger charge is -2.06. The Bertz CT molecular complexity index is 972. The Morgan fingerprint density at radius 1 is 1.12 bits per heavy atom. The van der Waals surface area contributed by atoms with Gasteiger partial charge in [0.1, 0.15) is 5.69 Å². The summed E-state index contributed by atoms with van der Waals surface area (Å²) in [4.78, 5) is 26.6. The largest absolute Gasteiger partial charge is 0.451 e. The predicted molar refractivity (Wildman–Crippen MR) is 88.6 cm³/mol. The van der Waals surface area contributed by atoms with Crippen LogP contribution in [0.1, 0.15) is 10.5 Å². The second kappa shape index (κ2) is 6.90. The van der Waals surface area contributed by atoms with Crippen LogP contribution < -0.4 is 5.32 Å². The molecule has 0 unspecified atom stereocenters. The molecule has 2 aromatic carbocycles. The number of H-pyrrole nitrogens is 1. The predicted octanol–water partition coefficient (Wildman–Crippen LogP) is 3.90. The van der Waals surface area contributed by atoms with E-state index in [4.69, 9.17) is 16.3 Å². The summed E-state index contributed by atoms with van der Waals surface area (Å²) in [5.41, 5.74) is 0.734. The molecule has 0 fully saturated rings. The molecule has 128 valence electrons.